The van der Waals surface area contributed by atoms with E-state index in [4.69, 9.17) is 10.5 Å². The Kier molecular flexibility index (Phi) is 5.46. The number of piperazine rings is 1. The van der Waals surface area contributed by atoms with Crippen LogP contribution in [0.25, 0.3) is 0 Å². The SMILES string of the molecule is COc1cc(N)ccc1N(CCN1CCN(C)CC1)C(=O)O. The Morgan fingerprint density at radius 1 is 1.36 bits per heavy atom. The van der Waals surface area contributed by atoms with E-state index in [9.17, 15) is 9.90 Å². The lowest BCUT2D eigenvalue weighted by atomic mass is 10.2. The van der Waals surface area contributed by atoms with Gasteiger partial charge in [-0.2, -0.15) is 0 Å². The van der Waals surface area contributed by atoms with Crippen molar-refractivity contribution < 1.29 is 14.6 Å². The van der Waals surface area contributed by atoms with Crippen LogP contribution in [0.2, 0.25) is 0 Å². The number of hydrogen-bond acceptors (Lipinski definition) is 5. The minimum Gasteiger partial charge on any atom is -0.494 e. The summed E-state index contributed by atoms with van der Waals surface area (Å²) in [5.74, 6) is 0.473. The van der Waals surface area contributed by atoms with Crippen LogP contribution in [0.4, 0.5) is 16.2 Å². The normalized spacial score (nSPS) is 16.5. The highest BCUT2D eigenvalue weighted by molar-refractivity contribution is 5.88. The Balaban J connectivity index is 2.05. The average molecular weight is 308 g/mol. The molecule has 0 atom stereocenters. The Bertz CT molecular complexity index is 516. The van der Waals surface area contributed by atoms with Crippen molar-refractivity contribution in [1.29, 1.82) is 0 Å². The number of ether oxygens (including phenoxy) is 1. The largest absolute Gasteiger partial charge is 0.494 e. The lowest BCUT2D eigenvalue weighted by molar-refractivity contribution is 0.155. The van der Waals surface area contributed by atoms with Gasteiger partial charge in [0.05, 0.1) is 12.8 Å². The number of nitrogens with zero attached hydrogens (tertiary/aromatic N) is 3. The number of anilines is 2. The maximum absolute atomic E-state index is 11.6. The molecule has 7 heteroatoms. The lowest BCUT2D eigenvalue weighted by Crippen LogP contribution is -2.47. The van der Waals surface area contributed by atoms with Crippen LogP contribution in [0.5, 0.6) is 5.75 Å². The Labute approximate surface area is 130 Å². The molecule has 2 rings (SSSR count). The van der Waals surface area contributed by atoms with Gasteiger partial charge in [-0.1, -0.05) is 0 Å². The summed E-state index contributed by atoms with van der Waals surface area (Å²) >= 11 is 0. The summed E-state index contributed by atoms with van der Waals surface area (Å²) in [5, 5.41) is 9.50. The van der Waals surface area contributed by atoms with Crippen LogP contribution >= 0.6 is 0 Å². The van der Waals surface area contributed by atoms with Crippen LogP contribution in [-0.2, 0) is 0 Å². The van der Waals surface area contributed by atoms with Gasteiger partial charge in [0, 0.05) is 51.0 Å². The number of methoxy groups -OCH3 is 1. The first kappa shape index (κ1) is 16.4. The molecule has 1 amide bonds. The van der Waals surface area contributed by atoms with E-state index < -0.39 is 6.09 Å². The third kappa shape index (κ3) is 4.02. The molecule has 0 aliphatic carbocycles. The predicted molar refractivity (Wildman–Crippen MR) is 86.7 cm³/mol. The van der Waals surface area contributed by atoms with Crippen LogP contribution in [0, 0.1) is 0 Å². The van der Waals surface area contributed by atoms with Crippen LogP contribution < -0.4 is 15.4 Å². The smallest absolute Gasteiger partial charge is 0.411 e. The van der Waals surface area contributed by atoms with Gasteiger partial charge in [-0.25, -0.2) is 4.79 Å². The first-order valence-electron chi connectivity index (χ1n) is 7.36. The number of carboxylic acid groups (broad SMARTS) is 1. The zero-order valence-electron chi connectivity index (χ0n) is 13.2. The van der Waals surface area contributed by atoms with E-state index >= 15 is 0 Å². The minimum absolute atomic E-state index is 0.402. The maximum atomic E-state index is 11.6. The predicted octanol–water partition coefficient (Wildman–Crippen LogP) is 1.01. The molecular formula is C15H24N4O3. The van der Waals surface area contributed by atoms with E-state index in [1.165, 1.54) is 12.0 Å². The summed E-state index contributed by atoms with van der Waals surface area (Å²) in [7, 11) is 3.61. The van der Waals surface area contributed by atoms with Crippen LogP contribution in [0.1, 0.15) is 0 Å². The van der Waals surface area contributed by atoms with Gasteiger partial charge >= 0.3 is 6.09 Å². The number of benzene rings is 1. The zero-order valence-corrected chi connectivity index (χ0v) is 13.2. The fourth-order valence-electron chi connectivity index (χ4n) is 2.55. The van der Waals surface area contributed by atoms with E-state index in [0.29, 0.717) is 30.2 Å². The van der Waals surface area contributed by atoms with Crippen molar-refractivity contribution in [1.82, 2.24) is 9.80 Å². The summed E-state index contributed by atoms with van der Waals surface area (Å²) in [5.41, 5.74) is 6.80. The van der Waals surface area contributed by atoms with Gasteiger partial charge in [-0.3, -0.25) is 9.80 Å². The molecule has 1 aliphatic heterocycles. The second kappa shape index (κ2) is 7.33. The maximum Gasteiger partial charge on any atom is 0.411 e. The van der Waals surface area contributed by atoms with E-state index in [-0.39, 0.29) is 0 Å². The topological polar surface area (TPSA) is 82.3 Å². The summed E-state index contributed by atoms with van der Waals surface area (Å²) in [6.45, 7) is 5.05. The third-order valence-corrected chi connectivity index (χ3v) is 3.96. The van der Waals surface area contributed by atoms with Gasteiger partial charge in [0.15, 0.2) is 0 Å². The van der Waals surface area contributed by atoms with Crippen molar-refractivity contribution in [3.63, 3.8) is 0 Å². The highest BCUT2D eigenvalue weighted by Crippen LogP contribution is 2.30. The Hall–Kier alpha value is -1.99. The second-order valence-electron chi connectivity index (χ2n) is 5.51. The van der Waals surface area contributed by atoms with Crippen molar-refractivity contribution in [2.45, 2.75) is 0 Å². The van der Waals surface area contributed by atoms with Gasteiger partial charge in [0.1, 0.15) is 5.75 Å². The number of hydrogen-bond donors (Lipinski definition) is 2. The molecule has 0 spiro atoms. The Morgan fingerprint density at radius 2 is 2.05 bits per heavy atom. The molecule has 122 valence electrons. The van der Waals surface area contributed by atoms with Crippen molar-refractivity contribution >= 4 is 17.5 Å². The molecule has 3 N–H and O–H groups in total. The minimum atomic E-state index is -0.989. The molecule has 1 aliphatic rings. The van der Waals surface area contributed by atoms with Gasteiger partial charge < -0.3 is 20.5 Å². The average Bonchev–Trinajstić information content (AvgIpc) is 2.50. The van der Waals surface area contributed by atoms with E-state index in [0.717, 1.165) is 26.2 Å². The Morgan fingerprint density at radius 3 is 2.64 bits per heavy atom. The molecule has 7 nitrogen and oxygen atoms in total. The van der Waals surface area contributed by atoms with Crippen molar-refractivity contribution in [3.05, 3.63) is 18.2 Å². The standard InChI is InChI=1S/C15H24N4O3/c1-17-5-7-18(8-6-17)9-10-19(15(20)21)13-4-3-12(16)11-14(13)22-2/h3-4,11H,5-10,16H2,1-2H3,(H,20,21). The van der Waals surface area contributed by atoms with Gasteiger partial charge in [0.25, 0.3) is 0 Å². The fourth-order valence-corrected chi connectivity index (χ4v) is 2.55. The van der Waals surface area contributed by atoms with E-state index in [1.807, 2.05) is 0 Å². The molecule has 0 radical (unpaired) electrons. The molecule has 0 unspecified atom stereocenters. The fraction of sp³-hybridized carbons (Fsp3) is 0.533. The first-order valence-corrected chi connectivity index (χ1v) is 7.36. The molecule has 1 aromatic carbocycles. The molecule has 0 aromatic heterocycles. The monoisotopic (exact) mass is 308 g/mol. The molecular weight excluding hydrogens is 284 g/mol. The number of nitrogen functional groups attached to an aromatic ring is 1. The molecule has 1 saturated heterocycles. The number of nitrogens with two attached hydrogens (primary N) is 1. The van der Waals surface area contributed by atoms with Gasteiger partial charge in [0.2, 0.25) is 0 Å². The van der Waals surface area contributed by atoms with Crippen LogP contribution in [0.3, 0.4) is 0 Å². The number of amides is 1. The van der Waals surface area contributed by atoms with E-state index in [2.05, 4.69) is 16.8 Å². The molecule has 22 heavy (non-hydrogen) atoms. The van der Waals surface area contributed by atoms with Crippen molar-refractivity contribution in [3.8, 4) is 5.75 Å². The lowest BCUT2D eigenvalue weighted by Gasteiger charge is -2.33. The van der Waals surface area contributed by atoms with Crippen molar-refractivity contribution in [2.24, 2.45) is 0 Å². The summed E-state index contributed by atoms with van der Waals surface area (Å²) < 4.78 is 5.26. The summed E-state index contributed by atoms with van der Waals surface area (Å²) in [4.78, 5) is 17.5. The molecule has 0 bridgehead atoms. The summed E-state index contributed by atoms with van der Waals surface area (Å²) in [6, 6.07) is 5.01. The third-order valence-electron chi connectivity index (χ3n) is 3.96. The quantitative estimate of drug-likeness (QED) is 0.790. The van der Waals surface area contributed by atoms with Gasteiger partial charge in [-0.05, 0) is 19.2 Å². The second-order valence-corrected chi connectivity index (χ2v) is 5.51. The molecule has 1 fully saturated rings. The van der Waals surface area contributed by atoms with E-state index in [1.54, 1.807) is 18.2 Å². The number of likely N-dealkylation sites (N-methyl/N-ethyl adjacent to an activating group) is 1. The van der Waals surface area contributed by atoms with Gasteiger partial charge in [-0.15, -0.1) is 0 Å². The highest BCUT2D eigenvalue weighted by atomic mass is 16.5. The molecule has 1 heterocycles. The first-order chi connectivity index (χ1) is 10.5. The number of carbonyl (C=O) groups is 1. The summed E-state index contributed by atoms with van der Waals surface area (Å²) in [6.07, 6.45) is -0.989. The zero-order chi connectivity index (χ0) is 16.1. The number of rotatable bonds is 5. The van der Waals surface area contributed by atoms with Crippen LogP contribution in [-0.4, -0.2) is 74.4 Å². The van der Waals surface area contributed by atoms with Crippen LogP contribution in [0.15, 0.2) is 18.2 Å². The molecule has 0 saturated carbocycles. The highest BCUT2D eigenvalue weighted by Gasteiger charge is 2.21. The van der Waals surface area contributed by atoms with Crippen molar-refractivity contribution in [2.75, 3.05) is 64.1 Å². The molecule has 1 aromatic rings.